The maximum atomic E-state index is 4.62. The molecular weight excluding hydrogens is 208 g/mol. The zero-order chi connectivity index (χ0) is 12.5. The largest absolute Gasteiger partial charge is 0.256 e. The Bertz CT molecular complexity index is 402. The highest BCUT2D eigenvalue weighted by atomic mass is 14.8. The summed E-state index contributed by atoms with van der Waals surface area (Å²) in [6.07, 6.45) is 8.87. The van der Waals surface area contributed by atoms with Gasteiger partial charge in [-0.3, -0.25) is 9.98 Å². The lowest BCUT2D eigenvalue weighted by Gasteiger charge is -2.03. The molecule has 0 atom stereocenters. The van der Waals surface area contributed by atoms with Gasteiger partial charge in [0.2, 0.25) is 0 Å². The van der Waals surface area contributed by atoms with Crippen molar-refractivity contribution in [3.8, 4) is 0 Å². The molecule has 17 heavy (non-hydrogen) atoms. The van der Waals surface area contributed by atoms with Crippen molar-refractivity contribution in [3.05, 3.63) is 54.5 Å². The monoisotopic (exact) mass is 228 g/mol. The fourth-order valence-corrected chi connectivity index (χ4v) is 1.52. The molecule has 2 heteroatoms. The van der Waals surface area contributed by atoms with Crippen LogP contribution in [0.3, 0.4) is 0 Å². The molecule has 0 saturated heterocycles. The van der Waals surface area contributed by atoms with Gasteiger partial charge >= 0.3 is 0 Å². The van der Waals surface area contributed by atoms with Gasteiger partial charge in [0.15, 0.2) is 0 Å². The van der Waals surface area contributed by atoms with E-state index in [1.54, 1.807) is 12.3 Å². The molecule has 0 spiro atoms. The minimum absolute atomic E-state index is 0.930. The minimum atomic E-state index is 0.930. The first-order valence-corrected chi connectivity index (χ1v) is 6.06. The second-order valence-corrected chi connectivity index (χ2v) is 3.91. The van der Waals surface area contributed by atoms with Gasteiger partial charge in [-0.15, -0.1) is 0 Å². The first kappa shape index (κ1) is 13.4. The predicted octanol–water partition coefficient (Wildman–Crippen LogP) is 4.15. The maximum Gasteiger partial charge on any atom is 0.0841 e. The lowest BCUT2D eigenvalue weighted by molar-refractivity contribution is 0.781. The molecule has 1 rings (SSSR count). The van der Waals surface area contributed by atoms with Crippen LogP contribution in [0, 0.1) is 0 Å². The highest BCUT2D eigenvalue weighted by Crippen LogP contribution is 2.11. The molecule has 0 fully saturated rings. The first-order valence-electron chi connectivity index (χ1n) is 6.06. The van der Waals surface area contributed by atoms with E-state index in [1.807, 2.05) is 31.2 Å². The second kappa shape index (κ2) is 7.55. The molecule has 0 aliphatic heterocycles. The predicted molar refractivity (Wildman–Crippen MR) is 74.3 cm³/mol. The highest BCUT2D eigenvalue weighted by Gasteiger charge is 1.99. The molecule has 0 bridgehead atoms. The van der Waals surface area contributed by atoms with Crippen molar-refractivity contribution in [3.63, 3.8) is 0 Å². The number of hydrogen-bond acceptors (Lipinski definition) is 2. The quantitative estimate of drug-likeness (QED) is 0.530. The van der Waals surface area contributed by atoms with Crippen LogP contribution in [0.1, 0.15) is 38.8 Å². The zero-order valence-corrected chi connectivity index (χ0v) is 10.7. The molecule has 0 unspecified atom stereocenters. The molecule has 0 aromatic carbocycles. The average molecular weight is 228 g/mol. The van der Waals surface area contributed by atoms with Crippen LogP contribution in [0.25, 0.3) is 0 Å². The van der Waals surface area contributed by atoms with Crippen LogP contribution < -0.4 is 0 Å². The van der Waals surface area contributed by atoms with Crippen molar-refractivity contribution in [2.24, 2.45) is 4.99 Å². The molecule has 0 saturated carbocycles. The van der Waals surface area contributed by atoms with Crippen LogP contribution in [0.15, 0.2) is 53.8 Å². The van der Waals surface area contributed by atoms with E-state index in [9.17, 15) is 0 Å². The van der Waals surface area contributed by atoms with Crippen molar-refractivity contribution in [1.29, 1.82) is 0 Å². The number of aliphatic imine (C=N–C) groups is 1. The SMILES string of the molecule is C=C/C=C(/CCCC)N=C(C)c1ccccn1. The molecule has 0 radical (unpaired) electrons. The van der Waals surface area contributed by atoms with Gasteiger partial charge in [-0.1, -0.05) is 32.1 Å². The van der Waals surface area contributed by atoms with Gasteiger partial charge in [-0.05, 0) is 38.0 Å². The number of rotatable bonds is 6. The maximum absolute atomic E-state index is 4.62. The topological polar surface area (TPSA) is 25.2 Å². The standard InChI is InChI=1S/C15H20N2/c1-4-6-10-14(9-5-2)17-13(3)15-11-7-8-12-16-15/h5,7-9,11-12H,2,4,6,10H2,1,3H3/b14-9-,17-13?. The Balaban J connectivity index is 2.83. The summed E-state index contributed by atoms with van der Waals surface area (Å²) in [5.41, 5.74) is 2.96. The summed E-state index contributed by atoms with van der Waals surface area (Å²) in [5.74, 6) is 0. The van der Waals surface area contributed by atoms with Crippen LogP contribution in [-0.4, -0.2) is 10.7 Å². The fourth-order valence-electron chi connectivity index (χ4n) is 1.52. The van der Waals surface area contributed by atoms with E-state index < -0.39 is 0 Å². The minimum Gasteiger partial charge on any atom is -0.256 e. The first-order chi connectivity index (χ1) is 8.27. The lowest BCUT2D eigenvalue weighted by Crippen LogP contribution is -1.98. The van der Waals surface area contributed by atoms with Crippen LogP contribution in [0.5, 0.6) is 0 Å². The van der Waals surface area contributed by atoms with Crippen LogP contribution in [0.4, 0.5) is 0 Å². The normalized spacial score (nSPS) is 12.6. The van der Waals surface area contributed by atoms with E-state index in [1.165, 1.54) is 6.42 Å². The summed E-state index contributed by atoms with van der Waals surface area (Å²) < 4.78 is 0. The number of pyridine rings is 1. The number of unbranched alkanes of at least 4 members (excludes halogenated alkanes) is 1. The molecule has 1 heterocycles. The van der Waals surface area contributed by atoms with Crippen LogP contribution >= 0.6 is 0 Å². The highest BCUT2D eigenvalue weighted by molar-refractivity contribution is 5.97. The molecule has 0 aliphatic carbocycles. The van der Waals surface area contributed by atoms with E-state index in [2.05, 4.69) is 23.5 Å². The zero-order valence-electron chi connectivity index (χ0n) is 10.7. The van der Waals surface area contributed by atoms with Gasteiger partial charge in [-0.25, -0.2) is 0 Å². The fraction of sp³-hybridized carbons (Fsp3) is 0.333. The number of aromatic nitrogens is 1. The summed E-state index contributed by atoms with van der Waals surface area (Å²) in [6, 6.07) is 5.86. The van der Waals surface area contributed by atoms with Gasteiger partial charge < -0.3 is 0 Å². The summed E-state index contributed by atoms with van der Waals surface area (Å²) in [7, 11) is 0. The van der Waals surface area contributed by atoms with Gasteiger partial charge in [-0.2, -0.15) is 0 Å². The summed E-state index contributed by atoms with van der Waals surface area (Å²) in [5, 5.41) is 0. The molecule has 1 aromatic heterocycles. The Morgan fingerprint density at radius 1 is 1.47 bits per heavy atom. The second-order valence-electron chi connectivity index (χ2n) is 3.91. The number of nitrogens with zero attached hydrogens (tertiary/aromatic N) is 2. The van der Waals surface area contributed by atoms with Crippen molar-refractivity contribution < 1.29 is 0 Å². The van der Waals surface area contributed by atoms with Crippen molar-refractivity contribution in [2.45, 2.75) is 33.1 Å². The lowest BCUT2D eigenvalue weighted by atomic mass is 10.2. The van der Waals surface area contributed by atoms with Crippen LogP contribution in [0.2, 0.25) is 0 Å². The number of allylic oxidation sites excluding steroid dienone is 3. The van der Waals surface area contributed by atoms with Crippen molar-refractivity contribution in [2.75, 3.05) is 0 Å². The van der Waals surface area contributed by atoms with Gasteiger partial charge in [0, 0.05) is 11.9 Å². The number of hydrogen-bond donors (Lipinski definition) is 0. The van der Waals surface area contributed by atoms with E-state index in [-0.39, 0.29) is 0 Å². The smallest absolute Gasteiger partial charge is 0.0841 e. The summed E-state index contributed by atoms with van der Waals surface area (Å²) in [6.45, 7) is 7.90. The Morgan fingerprint density at radius 2 is 2.29 bits per heavy atom. The third-order valence-corrected chi connectivity index (χ3v) is 2.44. The summed E-state index contributed by atoms with van der Waals surface area (Å²) >= 11 is 0. The van der Waals surface area contributed by atoms with Crippen molar-refractivity contribution >= 4 is 5.71 Å². The van der Waals surface area contributed by atoms with E-state index in [4.69, 9.17) is 0 Å². The molecule has 1 aromatic rings. The van der Waals surface area contributed by atoms with Gasteiger partial charge in [0.05, 0.1) is 11.4 Å². The Kier molecular flexibility index (Phi) is 5.94. The van der Waals surface area contributed by atoms with E-state index in [0.717, 1.165) is 29.9 Å². The van der Waals surface area contributed by atoms with Gasteiger partial charge in [0.1, 0.15) is 0 Å². The van der Waals surface area contributed by atoms with E-state index in [0.29, 0.717) is 0 Å². The third-order valence-electron chi connectivity index (χ3n) is 2.44. The van der Waals surface area contributed by atoms with Crippen molar-refractivity contribution in [1.82, 2.24) is 4.98 Å². The summed E-state index contributed by atoms with van der Waals surface area (Å²) in [4.78, 5) is 8.91. The molecular formula is C15H20N2. The van der Waals surface area contributed by atoms with Crippen LogP contribution in [-0.2, 0) is 0 Å². The molecule has 0 amide bonds. The Labute approximate surface area is 104 Å². The third kappa shape index (κ3) is 4.77. The molecule has 0 N–H and O–H groups in total. The molecule has 0 aliphatic rings. The van der Waals surface area contributed by atoms with E-state index >= 15 is 0 Å². The average Bonchev–Trinajstić information content (AvgIpc) is 2.37. The molecule has 90 valence electrons. The Hall–Kier alpha value is -1.70. The molecule has 2 nitrogen and oxygen atoms in total. The Morgan fingerprint density at radius 3 is 2.88 bits per heavy atom. The van der Waals surface area contributed by atoms with Gasteiger partial charge in [0.25, 0.3) is 0 Å².